The second-order valence-electron chi connectivity index (χ2n) is 2.70. The number of amides is 1. The minimum Gasteiger partial charge on any atom is -0.305 e. The topological polar surface area (TPSA) is 80.7 Å². The van der Waals surface area contributed by atoms with Crippen LogP contribution in [0.4, 0.5) is 5.82 Å². The Kier molecular flexibility index (Phi) is 2.59. The van der Waals surface area contributed by atoms with Crippen molar-refractivity contribution in [1.82, 2.24) is 20.4 Å². The molecule has 15 heavy (non-hydrogen) atoms. The molecule has 0 aliphatic carbocycles. The molecule has 0 aromatic carbocycles. The van der Waals surface area contributed by atoms with Crippen LogP contribution in [-0.2, 0) is 0 Å². The normalized spacial score (nSPS) is 9.60. The summed E-state index contributed by atoms with van der Waals surface area (Å²) >= 11 is 0. The predicted octanol–water partition coefficient (Wildman–Crippen LogP) is 0.519. The van der Waals surface area contributed by atoms with Crippen LogP contribution in [0.2, 0.25) is 0 Å². The third-order valence-corrected chi connectivity index (χ3v) is 1.67. The fourth-order valence-corrected chi connectivity index (χ4v) is 0.993. The minimum absolute atomic E-state index is 0.274. The van der Waals surface area contributed by atoms with Gasteiger partial charge in [-0.05, 0) is 17.3 Å². The largest absolute Gasteiger partial charge is 0.305 e. The number of carbonyl (C=O) groups excluding carboxylic acids is 1. The van der Waals surface area contributed by atoms with Crippen LogP contribution in [0.5, 0.6) is 0 Å². The number of anilines is 1. The molecule has 0 unspecified atom stereocenters. The molecule has 2 rings (SSSR count). The molecule has 0 saturated heterocycles. The molecule has 0 saturated carbocycles. The summed E-state index contributed by atoms with van der Waals surface area (Å²) in [5.41, 5.74) is 0.469. The lowest BCUT2D eigenvalue weighted by molar-refractivity contribution is 0.102. The second kappa shape index (κ2) is 4.23. The van der Waals surface area contributed by atoms with Crippen molar-refractivity contribution < 1.29 is 4.79 Å². The lowest BCUT2D eigenvalue weighted by Gasteiger charge is -2.01. The first kappa shape index (κ1) is 9.20. The molecule has 2 aromatic heterocycles. The number of aromatic nitrogens is 4. The van der Waals surface area contributed by atoms with Crippen LogP contribution in [0.25, 0.3) is 0 Å². The number of rotatable bonds is 2. The van der Waals surface area contributed by atoms with Crippen molar-refractivity contribution in [3.63, 3.8) is 0 Å². The van der Waals surface area contributed by atoms with E-state index < -0.39 is 0 Å². The van der Waals surface area contributed by atoms with E-state index in [0.717, 1.165) is 0 Å². The van der Waals surface area contributed by atoms with Crippen molar-refractivity contribution in [3.8, 4) is 0 Å². The lowest BCUT2D eigenvalue weighted by Crippen LogP contribution is -2.13. The summed E-state index contributed by atoms with van der Waals surface area (Å²) in [5.74, 6) is 0.0856. The Morgan fingerprint density at radius 2 is 2.20 bits per heavy atom. The van der Waals surface area contributed by atoms with Crippen LogP contribution in [0, 0.1) is 0 Å². The van der Waals surface area contributed by atoms with Gasteiger partial charge in [-0.25, -0.2) is 0 Å². The van der Waals surface area contributed by atoms with Gasteiger partial charge in [0.2, 0.25) is 0 Å². The van der Waals surface area contributed by atoms with E-state index in [1.807, 2.05) is 0 Å². The van der Waals surface area contributed by atoms with E-state index >= 15 is 0 Å². The van der Waals surface area contributed by atoms with Crippen molar-refractivity contribution in [1.29, 1.82) is 0 Å². The first-order chi connectivity index (χ1) is 7.36. The highest BCUT2D eigenvalue weighted by atomic mass is 16.1. The van der Waals surface area contributed by atoms with Crippen molar-refractivity contribution in [2.75, 3.05) is 5.32 Å². The Balaban J connectivity index is 2.12. The Labute approximate surface area is 85.4 Å². The second-order valence-corrected chi connectivity index (χ2v) is 2.70. The van der Waals surface area contributed by atoms with Gasteiger partial charge >= 0.3 is 0 Å². The number of nitrogens with one attached hydrogen (secondary N) is 1. The smallest absolute Gasteiger partial charge is 0.258 e. The van der Waals surface area contributed by atoms with E-state index in [1.165, 1.54) is 12.4 Å². The molecule has 0 aliphatic rings. The SMILES string of the molecule is O=C(Nc1ccnnn1)c1cccnc1. The summed E-state index contributed by atoms with van der Waals surface area (Å²) < 4.78 is 0. The lowest BCUT2D eigenvalue weighted by atomic mass is 10.3. The molecular formula is C9H7N5O. The highest BCUT2D eigenvalue weighted by Crippen LogP contribution is 2.02. The summed E-state index contributed by atoms with van der Waals surface area (Å²) in [6.07, 6.45) is 4.53. The van der Waals surface area contributed by atoms with E-state index in [1.54, 1.807) is 24.4 Å². The molecule has 74 valence electrons. The molecule has 0 radical (unpaired) electrons. The Morgan fingerprint density at radius 1 is 1.27 bits per heavy atom. The number of hydrogen-bond donors (Lipinski definition) is 1. The van der Waals surface area contributed by atoms with Gasteiger partial charge < -0.3 is 5.32 Å². The molecule has 0 aliphatic heterocycles. The number of nitrogens with zero attached hydrogens (tertiary/aromatic N) is 4. The summed E-state index contributed by atoms with van der Waals surface area (Å²) in [6, 6.07) is 4.91. The summed E-state index contributed by atoms with van der Waals surface area (Å²) in [6.45, 7) is 0. The summed E-state index contributed by atoms with van der Waals surface area (Å²) in [7, 11) is 0. The molecule has 0 fully saturated rings. The average molecular weight is 201 g/mol. The predicted molar refractivity (Wildman–Crippen MR) is 52.0 cm³/mol. The maximum absolute atomic E-state index is 11.6. The Hall–Kier alpha value is -2.37. The van der Waals surface area contributed by atoms with Gasteiger partial charge in [-0.1, -0.05) is 0 Å². The van der Waals surface area contributed by atoms with Crippen LogP contribution in [0.3, 0.4) is 0 Å². The zero-order chi connectivity index (χ0) is 10.5. The van der Waals surface area contributed by atoms with Gasteiger partial charge in [0.1, 0.15) is 0 Å². The van der Waals surface area contributed by atoms with E-state index in [0.29, 0.717) is 11.4 Å². The van der Waals surface area contributed by atoms with E-state index in [9.17, 15) is 4.79 Å². The maximum atomic E-state index is 11.6. The molecule has 2 aromatic rings. The zero-order valence-corrected chi connectivity index (χ0v) is 7.66. The van der Waals surface area contributed by atoms with Gasteiger partial charge in [0, 0.05) is 18.5 Å². The zero-order valence-electron chi connectivity index (χ0n) is 7.66. The summed E-state index contributed by atoms with van der Waals surface area (Å²) in [4.78, 5) is 15.4. The number of hydrogen-bond acceptors (Lipinski definition) is 5. The van der Waals surface area contributed by atoms with Gasteiger partial charge in [0.15, 0.2) is 5.82 Å². The average Bonchev–Trinajstić information content (AvgIpc) is 2.31. The third-order valence-electron chi connectivity index (χ3n) is 1.67. The van der Waals surface area contributed by atoms with Crippen LogP contribution in [0.15, 0.2) is 36.8 Å². The number of pyridine rings is 1. The molecule has 6 nitrogen and oxygen atoms in total. The van der Waals surface area contributed by atoms with Gasteiger partial charge in [-0.2, -0.15) is 0 Å². The minimum atomic E-state index is -0.274. The number of carbonyl (C=O) groups is 1. The first-order valence-electron chi connectivity index (χ1n) is 4.22. The highest BCUT2D eigenvalue weighted by Gasteiger charge is 2.05. The van der Waals surface area contributed by atoms with Crippen LogP contribution in [-0.4, -0.2) is 26.3 Å². The fourth-order valence-electron chi connectivity index (χ4n) is 0.993. The molecule has 0 atom stereocenters. The van der Waals surface area contributed by atoms with E-state index in [2.05, 4.69) is 25.7 Å². The van der Waals surface area contributed by atoms with Gasteiger partial charge in [-0.15, -0.1) is 10.2 Å². The van der Waals surface area contributed by atoms with Crippen LogP contribution < -0.4 is 5.32 Å². The van der Waals surface area contributed by atoms with Gasteiger partial charge in [0.25, 0.3) is 5.91 Å². The Bertz CT molecular complexity index is 445. The van der Waals surface area contributed by atoms with E-state index in [-0.39, 0.29) is 5.91 Å². The van der Waals surface area contributed by atoms with Crippen molar-refractivity contribution in [2.45, 2.75) is 0 Å². The molecular weight excluding hydrogens is 194 g/mol. The quantitative estimate of drug-likeness (QED) is 0.766. The third kappa shape index (κ3) is 2.31. The van der Waals surface area contributed by atoms with Crippen molar-refractivity contribution in [2.24, 2.45) is 0 Å². The van der Waals surface area contributed by atoms with Crippen LogP contribution >= 0.6 is 0 Å². The molecule has 1 N–H and O–H groups in total. The molecule has 0 bridgehead atoms. The van der Waals surface area contributed by atoms with Gasteiger partial charge in [-0.3, -0.25) is 9.78 Å². The maximum Gasteiger partial charge on any atom is 0.258 e. The van der Waals surface area contributed by atoms with E-state index in [4.69, 9.17) is 0 Å². The fraction of sp³-hybridized carbons (Fsp3) is 0. The first-order valence-corrected chi connectivity index (χ1v) is 4.22. The van der Waals surface area contributed by atoms with Gasteiger partial charge in [0.05, 0.1) is 11.8 Å². The molecule has 0 spiro atoms. The Morgan fingerprint density at radius 3 is 2.87 bits per heavy atom. The highest BCUT2D eigenvalue weighted by molar-refractivity contribution is 6.03. The van der Waals surface area contributed by atoms with Crippen LogP contribution in [0.1, 0.15) is 10.4 Å². The van der Waals surface area contributed by atoms with Crippen molar-refractivity contribution >= 4 is 11.7 Å². The molecule has 1 amide bonds. The molecule has 6 heteroatoms. The van der Waals surface area contributed by atoms with Crippen molar-refractivity contribution in [3.05, 3.63) is 42.4 Å². The molecule has 2 heterocycles. The summed E-state index contributed by atoms with van der Waals surface area (Å²) in [5, 5.41) is 13.1. The standard InChI is InChI=1S/C9H7N5O/c15-9(7-2-1-4-10-6-7)12-8-3-5-11-14-13-8/h1-6H,(H,11,12,13,15). The monoisotopic (exact) mass is 201 g/mol.